The quantitative estimate of drug-likeness (QED) is 0.0955. The summed E-state index contributed by atoms with van der Waals surface area (Å²) in [5.41, 5.74) is 22.6. The molecule has 5 amide bonds. The van der Waals surface area contributed by atoms with Crippen molar-refractivity contribution in [3.8, 4) is 40.0 Å². The van der Waals surface area contributed by atoms with Gasteiger partial charge >= 0.3 is 0 Å². The molecule has 4 bridgehead atoms. The Balaban J connectivity index is 1.53. The van der Waals surface area contributed by atoms with Gasteiger partial charge < -0.3 is 53.2 Å². The minimum atomic E-state index is -1.45. The molecule has 1 aliphatic heterocycles. The van der Waals surface area contributed by atoms with E-state index in [0.29, 0.717) is 28.3 Å². The van der Waals surface area contributed by atoms with Crippen molar-refractivity contribution in [3.63, 3.8) is 0 Å². The summed E-state index contributed by atoms with van der Waals surface area (Å²) in [5, 5.41) is 30.9. The number of aromatic nitrogens is 1. The zero-order valence-electron chi connectivity index (χ0n) is 36.4. The molecule has 0 saturated carbocycles. The highest BCUT2D eigenvalue weighted by atomic mass is 16.5. The average molecular weight is 861 g/mol. The maximum Gasteiger partial charge on any atom is 0.255 e. The van der Waals surface area contributed by atoms with Gasteiger partial charge in [0, 0.05) is 42.4 Å². The Bertz CT molecular complexity index is 2380. The number of ether oxygens (including phenoxy) is 1. The molecule has 63 heavy (non-hydrogen) atoms. The first-order valence-electron chi connectivity index (χ1n) is 20.6. The first-order valence-corrected chi connectivity index (χ1v) is 20.6. The molecular weight excluding hydrogens is 805 g/mol. The van der Waals surface area contributed by atoms with Gasteiger partial charge in [-0.1, -0.05) is 57.2 Å². The van der Waals surface area contributed by atoms with Gasteiger partial charge in [-0.15, -0.1) is 0 Å². The summed E-state index contributed by atoms with van der Waals surface area (Å²) >= 11 is 0. The molecule has 4 aromatic rings. The molecule has 11 N–H and O–H groups in total. The summed E-state index contributed by atoms with van der Waals surface area (Å²) in [6, 6.07) is 15.6. The van der Waals surface area contributed by atoms with Crippen molar-refractivity contribution in [2.24, 2.45) is 11.5 Å². The molecule has 1 aromatic heterocycles. The summed E-state index contributed by atoms with van der Waals surface area (Å²) in [4.78, 5) is 75.6. The van der Waals surface area contributed by atoms with Crippen molar-refractivity contribution in [1.82, 2.24) is 31.2 Å². The van der Waals surface area contributed by atoms with Crippen molar-refractivity contribution in [1.29, 1.82) is 5.26 Å². The standard InChI is InChI=1S/C46H56N10O7/c1-25-39(33(50)24-35(52-25)28-8-11-30(12-9-28)46(3,4)5)43(60)54-34(15-16-47)45(62)56(6)40-29-10-13-37(57)31(23-29)32-21-27(7-14-38(32)63-20-18-49)22-36(42(59)51-19-17-48)55-41(58)26(2)53-44(40)61/h7-14,21,23-24,26,34,36,40,57H,15-16,18-20,22,47,49H2,1-6H3,(H2,50,52)(H,51,59)(H,53,61)(H,54,60)(H,55,58)/t26-,34-,36-,40-/m0/s1. The number of fused-ring (bicyclic) bond motifs is 5. The Morgan fingerprint density at radius 3 is 2.35 bits per heavy atom. The van der Waals surface area contributed by atoms with Gasteiger partial charge in [-0.2, -0.15) is 5.26 Å². The number of amides is 5. The zero-order chi connectivity index (χ0) is 46.2. The van der Waals surface area contributed by atoms with Crippen LogP contribution in [0.25, 0.3) is 22.4 Å². The Kier molecular flexibility index (Phi) is 15.1. The maximum absolute atomic E-state index is 14.6. The van der Waals surface area contributed by atoms with Crippen LogP contribution in [-0.2, 0) is 31.0 Å². The van der Waals surface area contributed by atoms with Crippen molar-refractivity contribution in [2.75, 3.05) is 39.0 Å². The van der Waals surface area contributed by atoms with Crippen LogP contribution in [-0.4, -0.2) is 95.9 Å². The second-order valence-electron chi connectivity index (χ2n) is 16.5. The van der Waals surface area contributed by atoms with Crippen LogP contribution < -0.4 is 43.2 Å². The third-order valence-electron chi connectivity index (χ3n) is 10.8. The second kappa shape index (κ2) is 20.2. The van der Waals surface area contributed by atoms with E-state index in [0.717, 1.165) is 16.0 Å². The lowest BCUT2D eigenvalue weighted by molar-refractivity contribution is -0.141. The molecule has 17 heteroatoms. The van der Waals surface area contributed by atoms with E-state index >= 15 is 0 Å². The molecule has 4 atom stereocenters. The van der Waals surface area contributed by atoms with E-state index in [4.69, 9.17) is 27.2 Å². The molecule has 0 fully saturated rings. The van der Waals surface area contributed by atoms with Crippen LogP contribution in [0.15, 0.2) is 66.7 Å². The number of nitrogens with zero attached hydrogens (tertiary/aromatic N) is 3. The highest BCUT2D eigenvalue weighted by Gasteiger charge is 2.36. The van der Waals surface area contributed by atoms with Gasteiger partial charge in [0.05, 0.1) is 23.0 Å². The van der Waals surface area contributed by atoms with Gasteiger partial charge in [0.25, 0.3) is 5.91 Å². The smallest absolute Gasteiger partial charge is 0.255 e. The third kappa shape index (κ3) is 11.1. The summed E-state index contributed by atoms with van der Waals surface area (Å²) in [6.45, 7) is 9.37. The number of carbonyl (C=O) groups is 5. The number of nitriles is 1. The fraction of sp³-hybridized carbons (Fsp3) is 0.370. The molecular formula is C46H56N10O7. The first-order chi connectivity index (χ1) is 29.9. The van der Waals surface area contributed by atoms with Crippen LogP contribution in [0.4, 0.5) is 5.69 Å². The molecule has 5 rings (SSSR count). The largest absolute Gasteiger partial charge is 0.507 e. The normalized spacial score (nSPS) is 16.9. The molecule has 0 saturated heterocycles. The van der Waals surface area contributed by atoms with Gasteiger partial charge in [-0.25, -0.2) is 0 Å². The lowest BCUT2D eigenvalue weighted by Gasteiger charge is -2.32. The number of phenolic OH excluding ortho intramolecular Hbond substituents is 1. The molecule has 2 heterocycles. The van der Waals surface area contributed by atoms with E-state index in [1.807, 2.05) is 30.3 Å². The number of phenols is 1. The van der Waals surface area contributed by atoms with Crippen LogP contribution in [0.5, 0.6) is 11.5 Å². The number of carbonyl (C=O) groups excluding carboxylic acids is 5. The number of hydrogen-bond acceptors (Lipinski definition) is 12. The Morgan fingerprint density at radius 1 is 1.00 bits per heavy atom. The molecule has 0 aliphatic carbocycles. The Hall–Kier alpha value is -7.03. The lowest BCUT2D eigenvalue weighted by atomic mass is 9.86. The number of hydrogen-bond donors (Lipinski definition) is 8. The van der Waals surface area contributed by atoms with E-state index < -0.39 is 53.7 Å². The summed E-state index contributed by atoms with van der Waals surface area (Å²) in [6.07, 6.45) is -0.0589. The van der Waals surface area contributed by atoms with Crippen LogP contribution in [0, 0.1) is 18.3 Å². The summed E-state index contributed by atoms with van der Waals surface area (Å²) < 4.78 is 5.94. The molecule has 332 valence electrons. The van der Waals surface area contributed by atoms with Crippen LogP contribution >= 0.6 is 0 Å². The van der Waals surface area contributed by atoms with E-state index in [2.05, 4.69) is 47.0 Å². The minimum absolute atomic E-state index is 0.0246. The van der Waals surface area contributed by atoms with Gasteiger partial charge in [-0.3, -0.25) is 29.0 Å². The van der Waals surface area contributed by atoms with Gasteiger partial charge in [0.1, 0.15) is 48.8 Å². The second-order valence-corrected chi connectivity index (χ2v) is 16.5. The highest BCUT2D eigenvalue weighted by molar-refractivity contribution is 6.03. The lowest BCUT2D eigenvalue weighted by Crippen LogP contribution is -2.56. The zero-order valence-corrected chi connectivity index (χ0v) is 36.4. The number of likely N-dealkylation sites (N-methyl/N-ethyl adjacent to an activating group) is 1. The number of anilines is 1. The van der Waals surface area contributed by atoms with Gasteiger partial charge in [0.2, 0.25) is 23.6 Å². The Morgan fingerprint density at radius 2 is 1.71 bits per heavy atom. The van der Waals surface area contributed by atoms with Crippen molar-refractivity contribution in [2.45, 2.75) is 77.0 Å². The van der Waals surface area contributed by atoms with E-state index in [1.54, 1.807) is 31.2 Å². The van der Waals surface area contributed by atoms with E-state index in [9.17, 15) is 29.1 Å². The van der Waals surface area contributed by atoms with E-state index in [-0.39, 0.29) is 72.6 Å². The average Bonchev–Trinajstić information content (AvgIpc) is 3.24. The Labute approximate surface area is 366 Å². The van der Waals surface area contributed by atoms with Crippen molar-refractivity contribution >= 4 is 35.2 Å². The first kappa shape index (κ1) is 47.0. The summed E-state index contributed by atoms with van der Waals surface area (Å²) in [7, 11) is 1.37. The molecule has 0 spiro atoms. The number of rotatable bonds is 12. The molecule has 0 unspecified atom stereocenters. The SMILES string of the molecule is Cc1nc(-c2ccc(C(C)(C)C)cc2)cc(N)c1C(=O)N[C@@H](CCN)C(=O)N(C)[C@@H]1C(=O)N[C@@H](C)C(=O)N[C@H](C(=O)NCC#N)Cc2ccc(OCCN)c(c2)-c2cc1ccc2O. The van der Waals surface area contributed by atoms with Crippen molar-refractivity contribution in [3.05, 3.63) is 94.7 Å². The molecule has 0 radical (unpaired) electrons. The fourth-order valence-electron chi connectivity index (χ4n) is 7.36. The summed E-state index contributed by atoms with van der Waals surface area (Å²) in [5.74, 6) is -3.42. The monoisotopic (exact) mass is 860 g/mol. The highest BCUT2D eigenvalue weighted by Crippen LogP contribution is 2.39. The number of nitrogens with one attached hydrogen (secondary N) is 4. The van der Waals surface area contributed by atoms with Crippen molar-refractivity contribution < 1.29 is 33.8 Å². The number of nitrogens with two attached hydrogens (primary N) is 3. The van der Waals surface area contributed by atoms with Crippen LogP contribution in [0.3, 0.4) is 0 Å². The number of nitrogen functional groups attached to an aromatic ring is 1. The van der Waals surface area contributed by atoms with Gasteiger partial charge in [0.15, 0.2) is 0 Å². The molecule has 1 aliphatic rings. The van der Waals surface area contributed by atoms with Crippen LogP contribution in [0.2, 0.25) is 0 Å². The predicted molar refractivity (Wildman–Crippen MR) is 238 cm³/mol. The number of pyridine rings is 1. The number of benzene rings is 3. The van der Waals surface area contributed by atoms with Crippen LogP contribution in [0.1, 0.15) is 72.9 Å². The minimum Gasteiger partial charge on any atom is -0.507 e. The molecule has 17 nitrogen and oxygen atoms in total. The topological polar surface area (TPSA) is 281 Å². The molecule has 3 aromatic carbocycles. The number of aromatic hydroxyl groups is 1. The predicted octanol–water partition coefficient (Wildman–Crippen LogP) is 2.48. The van der Waals surface area contributed by atoms with Gasteiger partial charge in [-0.05, 0) is 79.3 Å². The maximum atomic E-state index is 14.6. The number of aryl methyl sites for hydroxylation is 1. The third-order valence-corrected chi connectivity index (χ3v) is 10.8. The fourth-order valence-corrected chi connectivity index (χ4v) is 7.36. The van der Waals surface area contributed by atoms with E-state index in [1.165, 1.54) is 32.2 Å².